The second-order valence-corrected chi connectivity index (χ2v) is 13.6. The summed E-state index contributed by atoms with van der Waals surface area (Å²) >= 11 is 0. The lowest BCUT2D eigenvalue weighted by Gasteiger charge is -2.39. The number of benzene rings is 2. The predicted octanol–water partition coefficient (Wildman–Crippen LogP) is 4.16. The number of esters is 2. The molecule has 0 aromatic heterocycles. The molecule has 254 valence electrons. The lowest BCUT2D eigenvalue weighted by molar-refractivity contribution is -0.179. The number of rotatable bonds is 12. The van der Waals surface area contributed by atoms with E-state index in [4.69, 9.17) is 28.4 Å². The third kappa shape index (κ3) is 6.53. The molecule has 1 saturated heterocycles. The Balaban J connectivity index is 1.28. The van der Waals surface area contributed by atoms with Crippen LogP contribution in [0.25, 0.3) is 0 Å². The molecule has 2 aromatic carbocycles. The molecule has 1 aliphatic carbocycles. The van der Waals surface area contributed by atoms with Crippen LogP contribution in [0.1, 0.15) is 75.0 Å². The molecular formula is C36H45NO10. The number of para-hydroxylation sites is 1. The number of carbonyl (C=O) groups excluding carboxylic acids is 2. The zero-order valence-electron chi connectivity index (χ0n) is 27.6. The first-order valence-electron chi connectivity index (χ1n) is 16.3. The Kier molecular flexibility index (Phi) is 9.17. The van der Waals surface area contributed by atoms with E-state index in [1.54, 1.807) is 39.2 Å². The molecule has 0 radical (unpaired) electrons. The summed E-state index contributed by atoms with van der Waals surface area (Å²) in [6.07, 6.45) is 3.65. The van der Waals surface area contributed by atoms with E-state index >= 15 is 0 Å². The quantitative estimate of drug-likeness (QED) is 0.321. The highest BCUT2D eigenvalue weighted by atomic mass is 16.7. The van der Waals surface area contributed by atoms with Gasteiger partial charge in [-0.3, -0.25) is 9.69 Å². The molecule has 3 aliphatic heterocycles. The number of ether oxygens (including phenoxy) is 6. The van der Waals surface area contributed by atoms with Gasteiger partial charge in [0, 0.05) is 12.1 Å². The van der Waals surface area contributed by atoms with Crippen molar-refractivity contribution in [2.45, 2.75) is 94.2 Å². The maximum Gasteiger partial charge on any atom is 0.339 e. The summed E-state index contributed by atoms with van der Waals surface area (Å²) < 4.78 is 34.5. The van der Waals surface area contributed by atoms with Gasteiger partial charge in [0.15, 0.2) is 23.2 Å². The number of carbonyl (C=O) groups is 2. The summed E-state index contributed by atoms with van der Waals surface area (Å²) in [5, 5.41) is 22.3. The Labute approximate surface area is 275 Å². The highest BCUT2D eigenvalue weighted by Gasteiger charge is 2.59. The molecule has 2 aromatic rings. The van der Waals surface area contributed by atoms with Gasteiger partial charge in [-0.2, -0.15) is 0 Å². The molecule has 2 unspecified atom stereocenters. The fraction of sp³-hybridized carbons (Fsp3) is 0.556. The molecule has 1 spiro atoms. The topological polar surface area (TPSA) is 133 Å². The van der Waals surface area contributed by atoms with Crippen molar-refractivity contribution in [2.24, 2.45) is 0 Å². The lowest BCUT2D eigenvalue weighted by atomic mass is 9.77. The number of nitrogens with zero attached hydrogens (tertiary/aromatic N) is 1. The highest BCUT2D eigenvalue weighted by molar-refractivity contribution is 5.86. The van der Waals surface area contributed by atoms with E-state index in [9.17, 15) is 19.8 Å². The minimum absolute atomic E-state index is 0.0931. The Bertz CT molecular complexity index is 1530. The predicted molar refractivity (Wildman–Crippen MR) is 170 cm³/mol. The van der Waals surface area contributed by atoms with Gasteiger partial charge < -0.3 is 38.6 Å². The van der Waals surface area contributed by atoms with E-state index in [1.807, 2.05) is 18.2 Å². The van der Waals surface area contributed by atoms with Crippen LogP contribution in [-0.2, 0) is 36.8 Å². The third-order valence-corrected chi connectivity index (χ3v) is 9.98. The van der Waals surface area contributed by atoms with Gasteiger partial charge in [-0.25, -0.2) is 4.79 Å². The number of fused-ring (bicyclic) bond motifs is 3. The highest BCUT2D eigenvalue weighted by Crippen LogP contribution is 2.55. The van der Waals surface area contributed by atoms with E-state index in [1.165, 1.54) is 7.11 Å². The van der Waals surface area contributed by atoms with Crippen LogP contribution in [0.2, 0.25) is 0 Å². The summed E-state index contributed by atoms with van der Waals surface area (Å²) in [6.45, 7) is 5.07. The maximum absolute atomic E-state index is 14.2. The van der Waals surface area contributed by atoms with E-state index in [0.717, 1.165) is 43.5 Å². The van der Waals surface area contributed by atoms with Crippen molar-refractivity contribution in [2.75, 3.05) is 34.1 Å². The van der Waals surface area contributed by atoms with Gasteiger partial charge in [0.25, 0.3) is 0 Å². The molecule has 6 rings (SSSR count). The Morgan fingerprint density at radius 1 is 1.04 bits per heavy atom. The average molecular weight is 652 g/mol. The van der Waals surface area contributed by atoms with Gasteiger partial charge in [-0.15, -0.1) is 0 Å². The van der Waals surface area contributed by atoms with Crippen LogP contribution in [0.5, 0.6) is 17.2 Å². The Morgan fingerprint density at radius 3 is 2.55 bits per heavy atom. The van der Waals surface area contributed by atoms with E-state index in [0.29, 0.717) is 35.0 Å². The Hall–Kier alpha value is -3.80. The van der Waals surface area contributed by atoms with Crippen molar-refractivity contribution in [1.29, 1.82) is 0 Å². The van der Waals surface area contributed by atoms with Gasteiger partial charge in [-0.1, -0.05) is 18.2 Å². The molecular weight excluding hydrogens is 606 g/mol. The summed E-state index contributed by atoms with van der Waals surface area (Å²) in [6, 6.07) is 11.1. The number of hydrogen-bond donors (Lipinski definition) is 2. The molecule has 0 saturated carbocycles. The second kappa shape index (κ2) is 13.0. The van der Waals surface area contributed by atoms with Crippen molar-refractivity contribution < 1.29 is 48.2 Å². The Morgan fingerprint density at radius 2 is 1.81 bits per heavy atom. The molecule has 2 N–H and O–H groups in total. The summed E-state index contributed by atoms with van der Waals surface area (Å²) in [5.74, 6) is 0.345. The zero-order chi connectivity index (χ0) is 33.4. The summed E-state index contributed by atoms with van der Waals surface area (Å²) in [7, 11) is 3.08. The van der Waals surface area contributed by atoms with Crippen molar-refractivity contribution >= 4 is 11.9 Å². The van der Waals surface area contributed by atoms with Crippen LogP contribution >= 0.6 is 0 Å². The molecule has 1 fully saturated rings. The van der Waals surface area contributed by atoms with Crippen molar-refractivity contribution in [1.82, 2.24) is 4.90 Å². The number of methoxy groups -OCH3 is 2. The van der Waals surface area contributed by atoms with Gasteiger partial charge in [-0.05, 0) is 94.3 Å². The monoisotopic (exact) mass is 651 g/mol. The molecule has 4 aliphatic rings. The lowest BCUT2D eigenvalue weighted by Crippen LogP contribution is -2.49. The standard InChI is InChI=1S/C36H45NO10/c1-34(2,40)12-7-14-36(41,20-30(38)44-21-24-9-5-6-10-26(24)42-3)33(39)47-32-29(43-4)19-35-13-8-15-37(35)16-11-23-17-27-28(46-22-45-27)18-25(23)31(32)35/h5-6,9-10,17-19,31-32,40-41H,7-8,11-16,20-22H2,1-4H3/t31-,32?,35?,36-/m1/s1. The number of aliphatic hydroxyl groups is 2. The van der Waals surface area contributed by atoms with Gasteiger partial charge in [0.2, 0.25) is 6.79 Å². The van der Waals surface area contributed by atoms with Crippen LogP contribution in [0.4, 0.5) is 0 Å². The van der Waals surface area contributed by atoms with Gasteiger partial charge in [0.1, 0.15) is 18.1 Å². The van der Waals surface area contributed by atoms with Crippen molar-refractivity contribution in [3.05, 3.63) is 64.9 Å². The van der Waals surface area contributed by atoms with Crippen molar-refractivity contribution in [3.63, 3.8) is 0 Å². The first kappa shape index (κ1) is 33.1. The fourth-order valence-corrected chi connectivity index (χ4v) is 7.67. The van der Waals surface area contributed by atoms with E-state index < -0.39 is 41.2 Å². The van der Waals surface area contributed by atoms with Crippen LogP contribution in [0, 0.1) is 0 Å². The first-order valence-corrected chi connectivity index (χ1v) is 16.3. The maximum atomic E-state index is 14.2. The third-order valence-electron chi connectivity index (χ3n) is 9.98. The van der Waals surface area contributed by atoms with Crippen LogP contribution in [0.3, 0.4) is 0 Å². The second-order valence-electron chi connectivity index (χ2n) is 13.6. The SMILES string of the molecule is COC1=CC23CCCN2CCc2cc4c(cc2[C@@H]3C1OC(=O)[C@@](O)(CCCC(C)(C)O)CC(=O)OCc1ccccc1OC)OCO4. The minimum Gasteiger partial charge on any atom is -0.497 e. The summed E-state index contributed by atoms with van der Waals surface area (Å²) in [4.78, 5) is 29.8. The molecule has 47 heavy (non-hydrogen) atoms. The van der Waals surface area contributed by atoms with E-state index in [-0.39, 0.29) is 32.2 Å². The van der Waals surface area contributed by atoms with Crippen LogP contribution in [0.15, 0.2) is 48.2 Å². The molecule has 0 amide bonds. The van der Waals surface area contributed by atoms with Gasteiger partial charge >= 0.3 is 11.9 Å². The van der Waals surface area contributed by atoms with Crippen LogP contribution in [-0.4, -0.2) is 84.0 Å². The zero-order valence-corrected chi connectivity index (χ0v) is 27.6. The van der Waals surface area contributed by atoms with Crippen molar-refractivity contribution in [3.8, 4) is 17.2 Å². The minimum atomic E-state index is -2.21. The smallest absolute Gasteiger partial charge is 0.339 e. The number of hydrogen-bond acceptors (Lipinski definition) is 11. The molecule has 0 bridgehead atoms. The fourth-order valence-electron chi connectivity index (χ4n) is 7.67. The average Bonchev–Trinajstić information content (AvgIpc) is 3.73. The molecule has 11 nitrogen and oxygen atoms in total. The summed E-state index contributed by atoms with van der Waals surface area (Å²) in [5.41, 5.74) is -0.975. The van der Waals surface area contributed by atoms with Gasteiger partial charge in [0.05, 0.1) is 37.7 Å². The largest absolute Gasteiger partial charge is 0.497 e. The first-order chi connectivity index (χ1) is 22.5. The van der Waals surface area contributed by atoms with E-state index in [2.05, 4.69) is 11.0 Å². The molecule has 3 heterocycles. The van der Waals surface area contributed by atoms with Crippen LogP contribution < -0.4 is 14.2 Å². The normalized spacial score (nSPS) is 24.3. The molecule has 4 atom stereocenters. The molecule has 11 heteroatoms.